The fraction of sp³-hybridized carbons (Fsp3) is 0.500. The molecule has 1 fully saturated rings. The summed E-state index contributed by atoms with van der Waals surface area (Å²) in [6.45, 7) is 1.97. The van der Waals surface area contributed by atoms with E-state index in [1.54, 1.807) is 11.8 Å². The van der Waals surface area contributed by atoms with Crippen molar-refractivity contribution in [3.05, 3.63) is 30.3 Å². The van der Waals surface area contributed by atoms with E-state index in [1.807, 2.05) is 30.3 Å². The van der Waals surface area contributed by atoms with Crippen LogP contribution in [0.5, 0.6) is 0 Å². The Bertz CT molecular complexity index is 405. The van der Waals surface area contributed by atoms with Crippen LogP contribution in [0.25, 0.3) is 0 Å². The summed E-state index contributed by atoms with van der Waals surface area (Å²) in [6, 6.07) is 10.1. The lowest BCUT2D eigenvalue weighted by Crippen LogP contribution is -2.34. The highest BCUT2D eigenvalue weighted by atomic mass is 35.5. The third kappa shape index (κ3) is 5.71. The lowest BCUT2D eigenvalue weighted by Gasteiger charge is -2.13. The third-order valence-electron chi connectivity index (χ3n) is 3.21. The molecular formula is C14H21ClN2O2S. The van der Waals surface area contributed by atoms with Crippen LogP contribution in [0.4, 0.5) is 0 Å². The van der Waals surface area contributed by atoms with Crippen molar-refractivity contribution in [3.8, 4) is 0 Å². The van der Waals surface area contributed by atoms with Gasteiger partial charge in [0.25, 0.3) is 0 Å². The second kappa shape index (κ2) is 9.23. The molecule has 2 atom stereocenters. The average molecular weight is 317 g/mol. The van der Waals surface area contributed by atoms with Crippen LogP contribution in [0, 0.1) is 5.92 Å². The molecule has 4 nitrogen and oxygen atoms in total. The lowest BCUT2D eigenvalue weighted by molar-refractivity contribution is -0.120. The number of β-amino-alcohol motifs (C(OH)–C–C–N with tert-alkyl or cyclic N) is 1. The maximum Gasteiger partial charge on any atom is 0.220 e. The summed E-state index contributed by atoms with van der Waals surface area (Å²) >= 11 is 1.68. The zero-order chi connectivity index (χ0) is 13.5. The number of aliphatic hydroxyl groups excluding tert-OH is 1. The van der Waals surface area contributed by atoms with Crippen molar-refractivity contribution in [1.82, 2.24) is 10.6 Å². The summed E-state index contributed by atoms with van der Waals surface area (Å²) in [6.07, 6.45) is 0.175. The predicted molar refractivity (Wildman–Crippen MR) is 84.4 cm³/mol. The van der Waals surface area contributed by atoms with E-state index in [2.05, 4.69) is 10.6 Å². The highest BCUT2D eigenvalue weighted by Gasteiger charge is 2.24. The Balaban J connectivity index is 0.00000200. The number of rotatable bonds is 6. The van der Waals surface area contributed by atoms with E-state index in [0.717, 1.165) is 12.3 Å². The van der Waals surface area contributed by atoms with Crippen molar-refractivity contribution in [2.45, 2.75) is 17.4 Å². The molecule has 112 valence electrons. The van der Waals surface area contributed by atoms with Crippen molar-refractivity contribution in [2.24, 2.45) is 5.92 Å². The smallest absolute Gasteiger partial charge is 0.220 e. The van der Waals surface area contributed by atoms with Crippen LogP contribution in [0.2, 0.25) is 0 Å². The lowest BCUT2D eigenvalue weighted by atomic mass is 10.1. The van der Waals surface area contributed by atoms with Crippen molar-refractivity contribution < 1.29 is 9.90 Å². The van der Waals surface area contributed by atoms with Crippen LogP contribution in [0.3, 0.4) is 0 Å². The first-order valence-electron chi connectivity index (χ1n) is 6.59. The molecule has 20 heavy (non-hydrogen) atoms. The Hall–Kier alpha value is -0.750. The zero-order valence-electron chi connectivity index (χ0n) is 11.2. The maximum atomic E-state index is 11.7. The predicted octanol–water partition coefficient (Wildman–Crippen LogP) is 1.29. The molecular weight excluding hydrogens is 296 g/mol. The van der Waals surface area contributed by atoms with Crippen molar-refractivity contribution in [1.29, 1.82) is 0 Å². The molecule has 1 aromatic rings. The molecule has 0 bridgehead atoms. The molecule has 1 aliphatic heterocycles. The van der Waals surface area contributed by atoms with Gasteiger partial charge >= 0.3 is 0 Å². The number of aliphatic hydroxyl groups is 1. The Morgan fingerprint density at radius 1 is 1.35 bits per heavy atom. The number of hydrogen-bond acceptors (Lipinski definition) is 4. The van der Waals surface area contributed by atoms with Gasteiger partial charge in [0.2, 0.25) is 5.91 Å². The molecule has 0 saturated carbocycles. The van der Waals surface area contributed by atoms with E-state index >= 15 is 0 Å². The Kier molecular flexibility index (Phi) is 7.99. The van der Waals surface area contributed by atoms with Crippen LogP contribution >= 0.6 is 24.2 Å². The van der Waals surface area contributed by atoms with Gasteiger partial charge < -0.3 is 15.7 Å². The molecule has 1 saturated heterocycles. The summed E-state index contributed by atoms with van der Waals surface area (Å²) in [5.41, 5.74) is 0. The first kappa shape index (κ1) is 17.3. The van der Waals surface area contributed by atoms with E-state index in [9.17, 15) is 9.90 Å². The van der Waals surface area contributed by atoms with Crippen molar-refractivity contribution >= 4 is 30.1 Å². The second-order valence-electron chi connectivity index (χ2n) is 4.70. The minimum atomic E-state index is -0.334. The van der Waals surface area contributed by atoms with Gasteiger partial charge in [-0.05, 0) is 12.1 Å². The fourth-order valence-electron chi connectivity index (χ4n) is 2.04. The van der Waals surface area contributed by atoms with Gasteiger partial charge in [-0.3, -0.25) is 4.79 Å². The number of nitrogens with one attached hydrogen (secondary N) is 2. The average Bonchev–Trinajstić information content (AvgIpc) is 2.83. The van der Waals surface area contributed by atoms with Crippen LogP contribution in [-0.4, -0.2) is 42.5 Å². The highest BCUT2D eigenvalue weighted by molar-refractivity contribution is 7.99. The first-order chi connectivity index (χ1) is 9.25. The topological polar surface area (TPSA) is 61.4 Å². The molecule has 1 amide bonds. The van der Waals surface area contributed by atoms with Crippen molar-refractivity contribution in [2.75, 3.05) is 25.4 Å². The number of carbonyl (C=O) groups excluding carboxylic acids is 1. The molecule has 0 spiro atoms. The number of benzene rings is 1. The van der Waals surface area contributed by atoms with Crippen molar-refractivity contribution in [3.63, 3.8) is 0 Å². The van der Waals surface area contributed by atoms with E-state index in [1.165, 1.54) is 4.90 Å². The van der Waals surface area contributed by atoms with Gasteiger partial charge in [-0.1, -0.05) is 18.2 Å². The molecule has 1 heterocycles. The molecule has 1 aliphatic rings. The van der Waals surface area contributed by atoms with Gasteiger partial charge in [0, 0.05) is 42.6 Å². The quantitative estimate of drug-likeness (QED) is 0.692. The zero-order valence-corrected chi connectivity index (χ0v) is 12.9. The normalized spacial score (nSPS) is 21.2. The van der Waals surface area contributed by atoms with Gasteiger partial charge in [-0.2, -0.15) is 0 Å². The largest absolute Gasteiger partial charge is 0.391 e. The maximum absolute atomic E-state index is 11.7. The van der Waals surface area contributed by atoms with E-state index in [0.29, 0.717) is 19.5 Å². The first-order valence-corrected chi connectivity index (χ1v) is 7.57. The Morgan fingerprint density at radius 2 is 2.10 bits per heavy atom. The van der Waals surface area contributed by atoms with Gasteiger partial charge in [-0.15, -0.1) is 24.2 Å². The summed E-state index contributed by atoms with van der Waals surface area (Å²) in [5, 5.41) is 15.6. The molecule has 0 aromatic heterocycles. The van der Waals surface area contributed by atoms with Crippen LogP contribution in [0.1, 0.15) is 6.42 Å². The van der Waals surface area contributed by atoms with Crippen LogP contribution in [-0.2, 0) is 4.79 Å². The number of halogens is 1. The highest BCUT2D eigenvalue weighted by Crippen LogP contribution is 2.17. The summed E-state index contributed by atoms with van der Waals surface area (Å²) in [5.74, 6) is 0.981. The summed E-state index contributed by atoms with van der Waals surface area (Å²) < 4.78 is 0. The molecule has 1 aromatic carbocycles. The standard InChI is InChI=1S/C14H20N2O2S.ClH/c17-13-10-15-8-11(13)9-16-14(18)6-7-19-12-4-2-1-3-5-12;/h1-5,11,13,15,17H,6-10H2,(H,16,18);1H. The van der Waals surface area contributed by atoms with Gasteiger partial charge in [0.15, 0.2) is 0 Å². The monoisotopic (exact) mass is 316 g/mol. The molecule has 3 N–H and O–H groups in total. The molecule has 2 unspecified atom stereocenters. The number of carbonyl (C=O) groups is 1. The van der Waals surface area contributed by atoms with E-state index in [-0.39, 0.29) is 30.3 Å². The van der Waals surface area contributed by atoms with Crippen LogP contribution in [0.15, 0.2) is 35.2 Å². The van der Waals surface area contributed by atoms with E-state index < -0.39 is 0 Å². The number of hydrogen-bond donors (Lipinski definition) is 3. The molecule has 0 radical (unpaired) electrons. The summed E-state index contributed by atoms with van der Waals surface area (Å²) in [7, 11) is 0. The second-order valence-corrected chi connectivity index (χ2v) is 5.87. The third-order valence-corrected chi connectivity index (χ3v) is 4.22. The fourth-order valence-corrected chi connectivity index (χ4v) is 2.91. The molecule has 0 aliphatic carbocycles. The Labute approximate surface area is 130 Å². The van der Waals surface area contributed by atoms with E-state index in [4.69, 9.17) is 0 Å². The SMILES string of the molecule is Cl.O=C(CCSc1ccccc1)NCC1CNCC1O. The molecule has 2 rings (SSSR count). The van der Waals surface area contributed by atoms with Gasteiger partial charge in [0.05, 0.1) is 6.10 Å². The van der Waals surface area contributed by atoms with Gasteiger partial charge in [-0.25, -0.2) is 0 Å². The minimum absolute atomic E-state index is 0. The number of amides is 1. The Morgan fingerprint density at radius 3 is 2.75 bits per heavy atom. The van der Waals surface area contributed by atoms with Gasteiger partial charge in [0.1, 0.15) is 0 Å². The summed E-state index contributed by atoms with van der Waals surface area (Å²) in [4.78, 5) is 12.9. The molecule has 6 heteroatoms. The number of thioether (sulfide) groups is 1. The van der Waals surface area contributed by atoms with Crippen LogP contribution < -0.4 is 10.6 Å². The minimum Gasteiger partial charge on any atom is -0.391 e.